The number of ether oxygens (including phenoxy) is 2. The topological polar surface area (TPSA) is 67.5 Å². The van der Waals surface area contributed by atoms with Gasteiger partial charge in [0.2, 0.25) is 0 Å². The molecule has 4 rings (SSSR count). The molecule has 1 amide bonds. The Labute approximate surface area is 187 Å². The zero-order valence-electron chi connectivity index (χ0n) is 19.0. The molecule has 1 N–H and O–H groups in total. The molecule has 0 saturated heterocycles. The molecular weight excluding hydrogens is 409 g/mol. The number of methoxy groups -OCH3 is 1. The van der Waals surface area contributed by atoms with Crippen molar-refractivity contribution in [2.75, 3.05) is 13.7 Å². The summed E-state index contributed by atoms with van der Waals surface area (Å²) in [6, 6.07) is 8.37. The summed E-state index contributed by atoms with van der Waals surface area (Å²) < 4.78 is 25.0. The molecule has 168 valence electrons. The second kappa shape index (κ2) is 8.30. The van der Waals surface area contributed by atoms with Crippen molar-refractivity contribution < 1.29 is 18.7 Å². The first-order valence-corrected chi connectivity index (χ1v) is 10.7. The van der Waals surface area contributed by atoms with Gasteiger partial charge in [0.25, 0.3) is 0 Å². The lowest BCUT2D eigenvalue weighted by molar-refractivity contribution is 0.0198. The maximum atomic E-state index is 14.0. The van der Waals surface area contributed by atoms with Crippen molar-refractivity contribution in [1.29, 1.82) is 0 Å². The van der Waals surface area contributed by atoms with Gasteiger partial charge in [0.1, 0.15) is 22.8 Å². The first-order valence-electron chi connectivity index (χ1n) is 10.7. The fourth-order valence-electron chi connectivity index (χ4n) is 4.02. The van der Waals surface area contributed by atoms with E-state index >= 15 is 0 Å². The van der Waals surface area contributed by atoms with Gasteiger partial charge in [-0.25, -0.2) is 14.2 Å². The molecule has 32 heavy (non-hydrogen) atoms. The summed E-state index contributed by atoms with van der Waals surface area (Å²) in [6.45, 7) is 8.08. The van der Waals surface area contributed by atoms with Crippen LogP contribution < -0.4 is 4.74 Å². The minimum absolute atomic E-state index is 0.00740. The van der Waals surface area contributed by atoms with Crippen LogP contribution in [0.5, 0.6) is 5.75 Å². The predicted octanol–water partition coefficient (Wildman–Crippen LogP) is 5.79. The van der Waals surface area contributed by atoms with Crippen LogP contribution >= 0.6 is 0 Å². The Morgan fingerprint density at radius 2 is 2.00 bits per heavy atom. The highest BCUT2D eigenvalue weighted by molar-refractivity contribution is 5.96. The third-order valence-corrected chi connectivity index (χ3v) is 5.54. The van der Waals surface area contributed by atoms with Crippen LogP contribution in [-0.2, 0) is 4.74 Å². The average Bonchev–Trinajstić information content (AvgIpc) is 3.16. The Bertz CT molecular complexity index is 1190. The molecule has 1 atom stereocenters. The molecule has 0 saturated carbocycles. The van der Waals surface area contributed by atoms with Gasteiger partial charge in [0.05, 0.1) is 7.11 Å². The number of amides is 1. The van der Waals surface area contributed by atoms with E-state index in [0.29, 0.717) is 29.9 Å². The van der Waals surface area contributed by atoms with Crippen molar-refractivity contribution in [1.82, 2.24) is 14.9 Å². The number of nitrogens with zero attached hydrogens (tertiary/aromatic N) is 2. The Hall–Kier alpha value is -3.35. The van der Waals surface area contributed by atoms with Crippen molar-refractivity contribution in [3.05, 3.63) is 54.1 Å². The maximum Gasteiger partial charge on any atom is 0.410 e. The molecule has 0 fully saturated rings. The number of nitrogens with one attached hydrogen (secondary N) is 1. The quantitative estimate of drug-likeness (QED) is 0.563. The molecule has 1 unspecified atom stereocenters. The van der Waals surface area contributed by atoms with Crippen LogP contribution in [0, 0.1) is 5.82 Å². The van der Waals surface area contributed by atoms with Crippen molar-refractivity contribution in [2.45, 2.75) is 45.8 Å². The largest absolute Gasteiger partial charge is 0.496 e. The number of benzene rings is 1. The Morgan fingerprint density at radius 3 is 2.69 bits per heavy atom. The molecule has 1 aromatic carbocycles. The summed E-state index contributed by atoms with van der Waals surface area (Å²) in [4.78, 5) is 22.1. The van der Waals surface area contributed by atoms with Gasteiger partial charge < -0.3 is 19.4 Å². The lowest BCUT2D eigenvalue weighted by Crippen LogP contribution is -2.44. The van der Waals surface area contributed by atoms with E-state index in [9.17, 15) is 9.18 Å². The molecule has 1 aliphatic rings. The fraction of sp³-hybridized carbons (Fsp3) is 0.360. The van der Waals surface area contributed by atoms with Crippen LogP contribution in [0.1, 0.15) is 39.8 Å². The molecule has 0 spiro atoms. The van der Waals surface area contributed by atoms with E-state index in [4.69, 9.17) is 9.47 Å². The van der Waals surface area contributed by atoms with Gasteiger partial charge >= 0.3 is 6.09 Å². The molecule has 0 radical (unpaired) electrons. The number of carbonyl (C=O) groups is 1. The van der Waals surface area contributed by atoms with Crippen molar-refractivity contribution >= 4 is 22.7 Å². The van der Waals surface area contributed by atoms with Gasteiger partial charge in [-0.1, -0.05) is 6.08 Å². The molecule has 7 heteroatoms. The summed E-state index contributed by atoms with van der Waals surface area (Å²) >= 11 is 0. The summed E-state index contributed by atoms with van der Waals surface area (Å²) in [5.41, 5.74) is 3.74. The molecule has 1 aliphatic heterocycles. The lowest BCUT2D eigenvalue weighted by Gasteiger charge is -2.34. The highest BCUT2D eigenvalue weighted by atomic mass is 19.1. The van der Waals surface area contributed by atoms with Gasteiger partial charge in [-0.2, -0.15) is 0 Å². The van der Waals surface area contributed by atoms with Gasteiger partial charge in [0.15, 0.2) is 0 Å². The number of pyridine rings is 1. The number of fused-ring (bicyclic) bond motifs is 1. The van der Waals surface area contributed by atoms with Crippen LogP contribution in [0.2, 0.25) is 0 Å². The minimum Gasteiger partial charge on any atom is -0.496 e. The van der Waals surface area contributed by atoms with Crippen molar-refractivity contribution in [3.63, 3.8) is 0 Å². The minimum atomic E-state index is -0.530. The summed E-state index contributed by atoms with van der Waals surface area (Å²) in [7, 11) is 1.57. The van der Waals surface area contributed by atoms with Crippen molar-refractivity contribution in [3.8, 4) is 16.9 Å². The molecule has 0 bridgehead atoms. The third kappa shape index (κ3) is 4.33. The number of aromatic amines is 1. The Morgan fingerprint density at radius 1 is 1.22 bits per heavy atom. The molecule has 3 aromatic rings. The van der Waals surface area contributed by atoms with Gasteiger partial charge in [-0.15, -0.1) is 0 Å². The normalized spacial score (nSPS) is 16.8. The van der Waals surface area contributed by atoms with Crippen LogP contribution in [-0.4, -0.2) is 46.3 Å². The van der Waals surface area contributed by atoms with E-state index in [1.165, 1.54) is 12.1 Å². The van der Waals surface area contributed by atoms with E-state index in [-0.39, 0.29) is 18.0 Å². The number of carbonyl (C=O) groups excluding carboxylic acids is 1. The van der Waals surface area contributed by atoms with E-state index in [2.05, 4.69) is 9.97 Å². The van der Waals surface area contributed by atoms with Gasteiger partial charge in [-0.3, -0.25) is 0 Å². The van der Waals surface area contributed by atoms with Gasteiger partial charge in [0, 0.05) is 35.4 Å². The summed E-state index contributed by atoms with van der Waals surface area (Å²) in [6.07, 6.45) is 4.12. The summed E-state index contributed by atoms with van der Waals surface area (Å²) in [5.74, 6) is 0.271. The monoisotopic (exact) mass is 437 g/mol. The summed E-state index contributed by atoms with van der Waals surface area (Å²) in [5, 5.41) is 0.884. The fourth-order valence-corrected chi connectivity index (χ4v) is 4.02. The highest BCUT2D eigenvalue weighted by Crippen LogP contribution is 2.37. The average molecular weight is 438 g/mol. The molecule has 2 aromatic heterocycles. The molecule has 3 heterocycles. The zero-order chi connectivity index (χ0) is 23.0. The number of hydrogen-bond acceptors (Lipinski definition) is 4. The maximum absolute atomic E-state index is 14.0. The first-order chi connectivity index (χ1) is 15.2. The van der Waals surface area contributed by atoms with Crippen LogP contribution in [0.4, 0.5) is 9.18 Å². The van der Waals surface area contributed by atoms with E-state index in [1.807, 2.05) is 45.9 Å². The van der Waals surface area contributed by atoms with Crippen molar-refractivity contribution in [2.24, 2.45) is 0 Å². The first kappa shape index (κ1) is 21.9. The predicted molar refractivity (Wildman–Crippen MR) is 123 cm³/mol. The number of halogens is 1. The molecule has 6 nitrogen and oxygen atoms in total. The second-order valence-electron chi connectivity index (χ2n) is 9.06. The Balaban J connectivity index is 1.67. The SMILES string of the molecule is COc1ccc(F)cc1-c1ccnc2[nH]c(C3=CCN(C(=O)OC(C)(C)C)C(C)C3)cc12. The lowest BCUT2D eigenvalue weighted by atomic mass is 9.98. The zero-order valence-corrected chi connectivity index (χ0v) is 19.0. The Kier molecular flexibility index (Phi) is 5.67. The smallest absolute Gasteiger partial charge is 0.410 e. The molecular formula is C25H28FN3O3. The highest BCUT2D eigenvalue weighted by Gasteiger charge is 2.29. The number of rotatable bonds is 3. The second-order valence-corrected chi connectivity index (χ2v) is 9.06. The van der Waals surface area contributed by atoms with Crippen LogP contribution in [0.3, 0.4) is 0 Å². The number of aromatic nitrogens is 2. The van der Waals surface area contributed by atoms with Crippen LogP contribution in [0.15, 0.2) is 42.6 Å². The van der Waals surface area contributed by atoms with E-state index < -0.39 is 5.60 Å². The van der Waals surface area contributed by atoms with E-state index in [0.717, 1.165) is 22.2 Å². The van der Waals surface area contributed by atoms with E-state index in [1.54, 1.807) is 24.3 Å². The number of hydrogen-bond donors (Lipinski definition) is 1. The standard InChI is InChI=1S/C25H28FN3O3/c1-15-12-16(9-11-29(15)24(30)32-25(2,3)4)21-14-20-18(8-10-27-23(20)28-21)19-13-17(26)6-7-22(19)31-5/h6-10,13-15H,11-12H2,1-5H3,(H,27,28). The number of H-pyrrole nitrogens is 1. The van der Waals surface area contributed by atoms with Crippen LogP contribution in [0.25, 0.3) is 27.7 Å². The van der Waals surface area contributed by atoms with Gasteiger partial charge in [-0.05, 0) is 75.6 Å². The third-order valence-electron chi connectivity index (χ3n) is 5.54. The molecule has 0 aliphatic carbocycles.